The van der Waals surface area contributed by atoms with Crippen LogP contribution in [0.4, 0.5) is 11.5 Å². The van der Waals surface area contributed by atoms with Crippen LogP contribution in [0.25, 0.3) is 10.8 Å². The molecule has 7 heteroatoms. The Kier molecular flexibility index (Phi) is 5.07. The van der Waals surface area contributed by atoms with E-state index in [9.17, 15) is 10.1 Å². The maximum Gasteiger partial charge on any atom is 0.229 e. The lowest BCUT2D eigenvalue weighted by Gasteiger charge is -2.36. The molecule has 6 nitrogen and oxygen atoms in total. The fraction of sp³-hybridized carbons (Fsp3) is 0.542. The summed E-state index contributed by atoms with van der Waals surface area (Å²) in [5.41, 5.74) is 0.860. The molecule has 2 aromatic rings. The van der Waals surface area contributed by atoms with Gasteiger partial charge in [0.15, 0.2) is 0 Å². The van der Waals surface area contributed by atoms with Gasteiger partial charge < -0.3 is 15.0 Å². The molecule has 1 aromatic carbocycles. The van der Waals surface area contributed by atoms with Crippen molar-refractivity contribution < 1.29 is 9.53 Å². The number of nitriles is 1. The van der Waals surface area contributed by atoms with Crippen LogP contribution in [0.15, 0.2) is 24.4 Å². The Hall–Kier alpha value is -2.36. The minimum atomic E-state index is -0.258. The highest BCUT2D eigenvalue weighted by Gasteiger charge is 2.58. The van der Waals surface area contributed by atoms with Gasteiger partial charge in [-0.05, 0) is 68.0 Å². The lowest BCUT2D eigenvalue weighted by molar-refractivity contribution is -0.118. The molecule has 3 heterocycles. The van der Waals surface area contributed by atoms with E-state index in [2.05, 4.69) is 27.3 Å². The molecule has 0 radical (unpaired) electrons. The van der Waals surface area contributed by atoms with Crippen LogP contribution in [0, 0.1) is 28.1 Å². The van der Waals surface area contributed by atoms with E-state index in [1.807, 2.05) is 19.1 Å². The number of rotatable bonds is 3. The quantitative estimate of drug-likeness (QED) is 0.746. The standard InChI is InChI=1S/C24H27ClN4O2/c1-23(15-26)2-6-29(7-3-23)20-11-16-12-21(27-14-17(16)10-19(20)25)28-22(30)18-13-24(18)4-8-31-9-5-24/h10-12,14,18H,2-9,13H2,1H3,(H,27,28,30)/t18-/m0/s1. The molecular weight excluding hydrogens is 412 g/mol. The largest absolute Gasteiger partial charge is 0.381 e. The van der Waals surface area contributed by atoms with E-state index in [1.165, 1.54) is 0 Å². The van der Waals surface area contributed by atoms with Gasteiger partial charge in [0.05, 0.1) is 22.2 Å². The van der Waals surface area contributed by atoms with E-state index < -0.39 is 0 Å². The second-order valence-corrected chi connectivity index (χ2v) is 10.0. The summed E-state index contributed by atoms with van der Waals surface area (Å²) in [7, 11) is 0. The molecule has 1 amide bonds. The van der Waals surface area contributed by atoms with Gasteiger partial charge in [0.2, 0.25) is 5.91 Å². The third-order valence-corrected chi connectivity index (χ3v) is 7.81. The van der Waals surface area contributed by atoms with Crippen LogP contribution in [0.1, 0.15) is 39.0 Å². The van der Waals surface area contributed by atoms with Crippen molar-refractivity contribution in [1.29, 1.82) is 5.26 Å². The zero-order chi connectivity index (χ0) is 21.6. The fourth-order valence-corrected chi connectivity index (χ4v) is 5.37. The van der Waals surface area contributed by atoms with Crippen LogP contribution < -0.4 is 10.2 Å². The summed E-state index contributed by atoms with van der Waals surface area (Å²) in [6.45, 7) is 5.14. The van der Waals surface area contributed by atoms with Crippen LogP contribution >= 0.6 is 11.6 Å². The van der Waals surface area contributed by atoms with E-state index in [-0.39, 0.29) is 22.7 Å². The van der Waals surface area contributed by atoms with Crippen molar-refractivity contribution >= 4 is 39.8 Å². The first-order valence-corrected chi connectivity index (χ1v) is 11.4. The predicted octanol–water partition coefficient (Wildman–Crippen LogP) is 4.77. The van der Waals surface area contributed by atoms with Crippen LogP contribution in [-0.2, 0) is 9.53 Å². The molecule has 3 fully saturated rings. The summed E-state index contributed by atoms with van der Waals surface area (Å²) < 4.78 is 5.45. The first-order chi connectivity index (χ1) is 14.9. The molecule has 1 aliphatic carbocycles. The molecule has 3 aliphatic rings. The molecule has 0 bridgehead atoms. The number of nitrogens with one attached hydrogen (secondary N) is 1. The highest BCUT2D eigenvalue weighted by Crippen LogP contribution is 2.59. The smallest absolute Gasteiger partial charge is 0.229 e. The average Bonchev–Trinajstić information content (AvgIpc) is 3.47. The van der Waals surface area contributed by atoms with Gasteiger partial charge in [-0.15, -0.1) is 0 Å². The summed E-state index contributed by atoms with van der Waals surface area (Å²) >= 11 is 6.58. The van der Waals surface area contributed by atoms with Gasteiger partial charge in [0.1, 0.15) is 5.82 Å². The van der Waals surface area contributed by atoms with E-state index in [4.69, 9.17) is 16.3 Å². The van der Waals surface area contributed by atoms with Crippen LogP contribution in [0.3, 0.4) is 0 Å². The number of carbonyl (C=O) groups excluding carboxylic acids is 1. The number of fused-ring (bicyclic) bond motifs is 1. The highest BCUT2D eigenvalue weighted by molar-refractivity contribution is 6.34. The molecule has 1 aromatic heterocycles. The third-order valence-electron chi connectivity index (χ3n) is 7.51. The lowest BCUT2D eigenvalue weighted by atomic mass is 9.82. The minimum Gasteiger partial charge on any atom is -0.381 e. The number of halogens is 1. The van der Waals surface area contributed by atoms with Crippen molar-refractivity contribution in [3.63, 3.8) is 0 Å². The minimum absolute atomic E-state index is 0.0646. The number of anilines is 2. The van der Waals surface area contributed by atoms with E-state index in [1.54, 1.807) is 6.20 Å². The second-order valence-electron chi connectivity index (χ2n) is 9.60. The Labute approximate surface area is 187 Å². The van der Waals surface area contributed by atoms with E-state index in [0.29, 0.717) is 10.8 Å². The molecule has 31 heavy (non-hydrogen) atoms. The molecule has 1 N–H and O–H groups in total. The Bertz CT molecular complexity index is 1070. The van der Waals surface area contributed by atoms with E-state index in [0.717, 1.165) is 74.9 Å². The normalized spacial score (nSPS) is 24.0. The van der Waals surface area contributed by atoms with Crippen molar-refractivity contribution in [1.82, 2.24) is 4.98 Å². The number of carbonyl (C=O) groups is 1. The molecule has 1 atom stereocenters. The van der Waals surface area contributed by atoms with Gasteiger partial charge in [-0.3, -0.25) is 4.79 Å². The van der Waals surface area contributed by atoms with Crippen molar-refractivity contribution in [3.05, 3.63) is 29.4 Å². The van der Waals surface area contributed by atoms with Crippen molar-refractivity contribution in [2.45, 2.75) is 39.0 Å². The van der Waals surface area contributed by atoms with Crippen LogP contribution in [0.5, 0.6) is 0 Å². The Balaban J connectivity index is 1.33. The molecule has 5 rings (SSSR count). The third kappa shape index (κ3) is 3.86. The van der Waals surface area contributed by atoms with Gasteiger partial charge in [0.25, 0.3) is 0 Å². The number of hydrogen-bond acceptors (Lipinski definition) is 5. The van der Waals surface area contributed by atoms with Gasteiger partial charge in [-0.2, -0.15) is 5.26 Å². The summed E-state index contributed by atoms with van der Waals surface area (Å²) in [5, 5.41) is 15.0. The Morgan fingerprint density at radius 3 is 2.68 bits per heavy atom. The van der Waals surface area contributed by atoms with Gasteiger partial charge in [0, 0.05) is 43.8 Å². The number of aromatic nitrogens is 1. The zero-order valence-electron chi connectivity index (χ0n) is 17.8. The van der Waals surface area contributed by atoms with Crippen molar-refractivity contribution in [2.75, 3.05) is 36.5 Å². The van der Waals surface area contributed by atoms with Crippen molar-refractivity contribution in [3.8, 4) is 6.07 Å². The number of amides is 1. The van der Waals surface area contributed by atoms with Crippen LogP contribution in [-0.4, -0.2) is 37.2 Å². The molecular formula is C24H27ClN4O2. The predicted molar refractivity (Wildman–Crippen MR) is 121 cm³/mol. The topological polar surface area (TPSA) is 78.2 Å². The molecule has 1 spiro atoms. The van der Waals surface area contributed by atoms with E-state index >= 15 is 0 Å². The van der Waals surface area contributed by atoms with Gasteiger partial charge in [-0.25, -0.2) is 4.98 Å². The first kappa shape index (κ1) is 20.5. The number of benzene rings is 1. The lowest BCUT2D eigenvalue weighted by Crippen LogP contribution is -2.38. The molecule has 0 unspecified atom stereocenters. The highest BCUT2D eigenvalue weighted by atomic mass is 35.5. The zero-order valence-corrected chi connectivity index (χ0v) is 18.5. The SMILES string of the molecule is CC1(C#N)CCN(c2cc3cc(NC(=O)[C@@H]4CC45CCOCC5)ncc3cc2Cl)CC1. The Morgan fingerprint density at radius 2 is 1.97 bits per heavy atom. The van der Waals surface area contributed by atoms with Gasteiger partial charge >= 0.3 is 0 Å². The Morgan fingerprint density at radius 1 is 1.23 bits per heavy atom. The van der Waals surface area contributed by atoms with Crippen LogP contribution in [0.2, 0.25) is 5.02 Å². The maximum absolute atomic E-state index is 12.8. The number of pyridine rings is 1. The number of nitrogens with zero attached hydrogens (tertiary/aromatic N) is 3. The number of ether oxygens (including phenoxy) is 1. The number of piperidine rings is 1. The summed E-state index contributed by atoms with van der Waals surface area (Å²) in [6.07, 6.45) is 6.30. The molecule has 162 valence electrons. The maximum atomic E-state index is 12.8. The summed E-state index contributed by atoms with van der Waals surface area (Å²) in [5.74, 6) is 0.711. The fourth-order valence-electron chi connectivity index (χ4n) is 5.08. The number of hydrogen-bond donors (Lipinski definition) is 1. The monoisotopic (exact) mass is 438 g/mol. The molecule has 2 saturated heterocycles. The molecule has 1 saturated carbocycles. The van der Waals surface area contributed by atoms with Gasteiger partial charge in [-0.1, -0.05) is 11.6 Å². The average molecular weight is 439 g/mol. The first-order valence-electron chi connectivity index (χ1n) is 11.1. The summed E-state index contributed by atoms with van der Waals surface area (Å²) in [4.78, 5) is 19.5. The second kappa shape index (κ2) is 7.65. The van der Waals surface area contributed by atoms with Crippen molar-refractivity contribution in [2.24, 2.45) is 16.7 Å². The molecule has 2 aliphatic heterocycles. The summed E-state index contributed by atoms with van der Waals surface area (Å²) in [6, 6.07) is 8.37.